The number of hydrogen-bond donors (Lipinski definition) is 1. The topological polar surface area (TPSA) is 39.7 Å². The van der Waals surface area contributed by atoms with Crippen molar-refractivity contribution in [2.45, 2.75) is 36.2 Å². The maximum absolute atomic E-state index is 5.90. The van der Waals surface area contributed by atoms with E-state index in [0.29, 0.717) is 0 Å². The third-order valence-corrected chi connectivity index (χ3v) is 4.51. The predicted molar refractivity (Wildman–Crippen MR) is 120 cm³/mol. The first-order valence-corrected chi connectivity index (χ1v) is 10.2. The zero-order valence-corrected chi connectivity index (χ0v) is 18.5. The fourth-order valence-electron chi connectivity index (χ4n) is 2.27. The molecule has 154 valence electrons. The molecular weight excluding hydrogens is 382 g/mol. The third kappa shape index (κ3) is 9.05. The summed E-state index contributed by atoms with van der Waals surface area (Å²) in [5, 5.41) is 0. The van der Waals surface area contributed by atoms with Crippen LogP contribution in [0.2, 0.25) is 0 Å². The molecule has 0 radical (unpaired) electrons. The highest BCUT2D eigenvalue weighted by molar-refractivity contribution is 7.99. The van der Waals surface area contributed by atoms with Crippen LogP contribution in [0.25, 0.3) is 0 Å². The van der Waals surface area contributed by atoms with E-state index in [-0.39, 0.29) is 5.60 Å². The molecule has 0 saturated heterocycles. The molecule has 0 unspecified atom stereocenters. The molecule has 29 heavy (non-hydrogen) atoms. The van der Waals surface area contributed by atoms with Crippen molar-refractivity contribution in [3.05, 3.63) is 78.9 Å². The standard InChI is InChI=1S/C22H22O2S.C2H7NO/c1-22(2,3)24-19-11-9-17(10-12-19)23-18-13-15-21(16-14-18)25-20-7-5-4-6-8-20;1-3-4-2/h4-16H,1-3H3;3H,1-2H3. The molecule has 0 heterocycles. The average Bonchev–Trinajstić information content (AvgIpc) is 2.71. The van der Waals surface area contributed by atoms with E-state index in [0.717, 1.165) is 17.2 Å². The van der Waals surface area contributed by atoms with Crippen LogP contribution in [-0.2, 0) is 4.84 Å². The van der Waals surface area contributed by atoms with Crippen LogP contribution in [-0.4, -0.2) is 19.8 Å². The predicted octanol–water partition coefficient (Wildman–Crippen LogP) is 6.57. The Labute approximate surface area is 178 Å². The lowest BCUT2D eigenvalue weighted by Crippen LogP contribution is -2.22. The monoisotopic (exact) mass is 411 g/mol. The van der Waals surface area contributed by atoms with Gasteiger partial charge in [-0.3, -0.25) is 0 Å². The van der Waals surface area contributed by atoms with E-state index < -0.39 is 0 Å². The van der Waals surface area contributed by atoms with Gasteiger partial charge in [-0.15, -0.1) is 0 Å². The highest BCUT2D eigenvalue weighted by Crippen LogP contribution is 2.30. The van der Waals surface area contributed by atoms with Crippen LogP contribution in [0.5, 0.6) is 17.2 Å². The van der Waals surface area contributed by atoms with Crippen molar-refractivity contribution >= 4 is 11.8 Å². The molecule has 3 aromatic carbocycles. The van der Waals surface area contributed by atoms with Crippen LogP contribution in [0.15, 0.2) is 88.7 Å². The molecular formula is C24H29NO3S. The number of rotatable bonds is 6. The minimum absolute atomic E-state index is 0.200. The Bertz CT molecular complexity index is 827. The molecule has 0 fully saturated rings. The van der Waals surface area contributed by atoms with E-state index in [1.54, 1.807) is 25.9 Å². The first-order chi connectivity index (χ1) is 13.9. The van der Waals surface area contributed by atoms with Crippen molar-refractivity contribution < 1.29 is 14.3 Å². The number of hydrogen-bond acceptors (Lipinski definition) is 5. The smallest absolute Gasteiger partial charge is 0.127 e. The van der Waals surface area contributed by atoms with Crippen LogP contribution < -0.4 is 15.0 Å². The summed E-state index contributed by atoms with van der Waals surface area (Å²) in [6.07, 6.45) is 0. The van der Waals surface area contributed by atoms with Crippen molar-refractivity contribution in [1.82, 2.24) is 5.48 Å². The summed E-state index contributed by atoms with van der Waals surface area (Å²) in [5.74, 6) is 2.46. The van der Waals surface area contributed by atoms with Crippen LogP contribution in [0.4, 0.5) is 0 Å². The molecule has 0 aliphatic heterocycles. The van der Waals surface area contributed by atoms with Gasteiger partial charge < -0.3 is 14.3 Å². The lowest BCUT2D eigenvalue weighted by atomic mass is 10.2. The normalized spacial score (nSPS) is 10.7. The number of benzene rings is 3. The fraction of sp³-hybridized carbons (Fsp3) is 0.250. The van der Waals surface area contributed by atoms with Crippen molar-refractivity contribution in [3.63, 3.8) is 0 Å². The first-order valence-electron chi connectivity index (χ1n) is 9.39. The van der Waals surface area contributed by atoms with Crippen molar-refractivity contribution in [1.29, 1.82) is 0 Å². The largest absolute Gasteiger partial charge is 0.488 e. The summed E-state index contributed by atoms with van der Waals surface area (Å²) in [6.45, 7) is 6.10. The minimum atomic E-state index is -0.200. The second-order valence-electron chi connectivity index (χ2n) is 7.08. The van der Waals surface area contributed by atoms with E-state index in [9.17, 15) is 0 Å². The van der Waals surface area contributed by atoms with Gasteiger partial charge in [0.05, 0.1) is 7.11 Å². The Morgan fingerprint density at radius 2 is 1.14 bits per heavy atom. The average molecular weight is 412 g/mol. The summed E-state index contributed by atoms with van der Waals surface area (Å²) in [6, 6.07) is 26.2. The molecule has 0 amide bonds. The van der Waals surface area contributed by atoms with Crippen molar-refractivity contribution in [3.8, 4) is 17.2 Å². The van der Waals surface area contributed by atoms with E-state index >= 15 is 0 Å². The molecule has 0 bridgehead atoms. The fourth-order valence-corrected chi connectivity index (χ4v) is 3.10. The Hall–Kier alpha value is -2.47. The minimum Gasteiger partial charge on any atom is -0.488 e. The van der Waals surface area contributed by atoms with Gasteiger partial charge in [-0.25, -0.2) is 5.48 Å². The number of hydroxylamine groups is 1. The Morgan fingerprint density at radius 1 is 0.690 bits per heavy atom. The molecule has 0 aromatic heterocycles. The summed E-state index contributed by atoms with van der Waals surface area (Å²) in [7, 11) is 3.28. The van der Waals surface area contributed by atoms with Gasteiger partial charge in [-0.1, -0.05) is 30.0 Å². The first kappa shape index (κ1) is 22.8. The SMILES string of the molecule is CC(C)(C)Oc1ccc(Oc2ccc(Sc3ccccc3)cc2)cc1.CNOC. The van der Waals surface area contributed by atoms with Crippen molar-refractivity contribution in [2.75, 3.05) is 14.2 Å². The second kappa shape index (κ2) is 11.5. The maximum atomic E-state index is 5.90. The Morgan fingerprint density at radius 3 is 1.62 bits per heavy atom. The van der Waals surface area contributed by atoms with Gasteiger partial charge in [-0.2, -0.15) is 0 Å². The van der Waals surface area contributed by atoms with Gasteiger partial charge in [0.15, 0.2) is 0 Å². The van der Waals surface area contributed by atoms with Gasteiger partial charge in [0.2, 0.25) is 0 Å². The molecule has 4 nitrogen and oxygen atoms in total. The van der Waals surface area contributed by atoms with Crippen molar-refractivity contribution in [2.24, 2.45) is 0 Å². The zero-order valence-electron chi connectivity index (χ0n) is 17.6. The summed E-state index contributed by atoms with van der Waals surface area (Å²) in [4.78, 5) is 6.71. The van der Waals surface area contributed by atoms with Crippen LogP contribution in [0.1, 0.15) is 20.8 Å². The van der Waals surface area contributed by atoms with Gasteiger partial charge in [-0.05, 0) is 81.4 Å². The van der Waals surface area contributed by atoms with Gasteiger partial charge in [0.1, 0.15) is 22.8 Å². The quantitative estimate of drug-likeness (QED) is 0.464. The second-order valence-corrected chi connectivity index (χ2v) is 8.23. The Balaban J connectivity index is 0.000000687. The summed E-state index contributed by atoms with van der Waals surface area (Å²) in [5.41, 5.74) is 2.23. The summed E-state index contributed by atoms with van der Waals surface area (Å²) < 4.78 is 11.7. The molecule has 0 saturated carbocycles. The molecule has 0 aliphatic carbocycles. The molecule has 0 aliphatic rings. The lowest BCUT2D eigenvalue weighted by Gasteiger charge is -2.21. The third-order valence-electron chi connectivity index (χ3n) is 3.49. The number of nitrogens with one attached hydrogen (secondary N) is 1. The molecule has 3 aromatic rings. The van der Waals surface area contributed by atoms with Crippen LogP contribution in [0, 0.1) is 0 Å². The maximum Gasteiger partial charge on any atom is 0.127 e. The van der Waals surface area contributed by atoms with E-state index in [1.165, 1.54) is 9.79 Å². The highest BCUT2D eigenvalue weighted by atomic mass is 32.2. The Kier molecular flexibility index (Phi) is 9.06. The lowest BCUT2D eigenvalue weighted by molar-refractivity contribution is 0.112. The summed E-state index contributed by atoms with van der Waals surface area (Å²) >= 11 is 1.74. The molecule has 0 atom stereocenters. The van der Waals surface area contributed by atoms with Gasteiger partial charge >= 0.3 is 0 Å². The highest BCUT2D eigenvalue weighted by Gasteiger charge is 2.11. The van der Waals surface area contributed by atoms with E-state index in [2.05, 4.69) is 34.6 Å². The van der Waals surface area contributed by atoms with E-state index in [1.807, 2.05) is 75.4 Å². The number of ether oxygens (including phenoxy) is 2. The zero-order chi connectivity index (χ0) is 21.1. The molecule has 3 rings (SSSR count). The van der Waals surface area contributed by atoms with Crippen LogP contribution in [0.3, 0.4) is 0 Å². The van der Waals surface area contributed by atoms with E-state index in [4.69, 9.17) is 9.47 Å². The molecule has 1 N–H and O–H groups in total. The van der Waals surface area contributed by atoms with Crippen LogP contribution >= 0.6 is 11.8 Å². The molecule has 0 spiro atoms. The van der Waals surface area contributed by atoms with Gasteiger partial charge in [0.25, 0.3) is 0 Å². The van der Waals surface area contributed by atoms with Gasteiger partial charge in [0, 0.05) is 16.8 Å². The molecule has 5 heteroatoms.